The van der Waals surface area contributed by atoms with Gasteiger partial charge in [-0.15, -0.1) is 0 Å². The number of nitrogens with two attached hydrogens (primary N) is 1. The van der Waals surface area contributed by atoms with Crippen molar-refractivity contribution >= 4 is 10.9 Å². The molecule has 18 heavy (non-hydrogen) atoms. The molecule has 2 aromatic rings. The van der Waals surface area contributed by atoms with Crippen molar-refractivity contribution < 1.29 is 4.74 Å². The normalized spacial score (nSPS) is 19.2. The first-order chi connectivity index (χ1) is 8.68. The van der Waals surface area contributed by atoms with Gasteiger partial charge in [-0.1, -0.05) is 18.2 Å². The molecule has 1 saturated heterocycles. The van der Waals surface area contributed by atoms with Gasteiger partial charge in [0.1, 0.15) is 0 Å². The average molecular weight is 245 g/mol. The van der Waals surface area contributed by atoms with Crippen molar-refractivity contribution in [1.82, 2.24) is 9.78 Å². The van der Waals surface area contributed by atoms with Crippen molar-refractivity contribution in [2.45, 2.75) is 24.8 Å². The number of rotatable bonds is 2. The average Bonchev–Trinajstić information content (AvgIpc) is 2.67. The molecule has 0 spiro atoms. The van der Waals surface area contributed by atoms with Crippen LogP contribution in [0, 0.1) is 0 Å². The fourth-order valence-electron chi connectivity index (χ4n) is 2.71. The zero-order chi connectivity index (χ0) is 12.6. The molecule has 1 aromatic heterocycles. The summed E-state index contributed by atoms with van der Waals surface area (Å²) >= 11 is 0. The van der Waals surface area contributed by atoms with Crippen molar-refractivity contribution in [1.29, 1.82) is 0 Å². The van der Waals surface area contributed by atoms with Crippen LogP contribution in [0.25, 0.3) is 10.9 Å². The van der Waals surface area contributed by atoms with E-state index in [0.29, 0.717) is 0 Å². The van der Waals surface area contributed by atoms with Crippen molar-refractivity contribution in [2.24, 2.45) is 12.8 Å². The van der Waals surface area contributed by atoms with E-state index < -0.39 is 0 Å². The largest absolute Gasteiger partial charge is 0.381 e. The Bertz CT molecular complexity index is 555. The number of aryl methyl sites for hydroxylation is 1. The third-order valence-electron chi connectivity index (χ3n) is 3.84. The Hall–Kier alpha value is -1.39. The maximum atomic E-state index is 6.46. The molecular weight excluding hydrogens is 226 g/mol. The van der Waals surface area contributed by atoms with E-state index in [4.69, 9.17) is 10.5 Å². The molecule has 0 bridgehead atoms. The van der Waals surface area contributed by atoms with Gasteiger partial charge in [0.05, 0.1) is 11.2 Å². The monoisotopic (exact) mass is 245 g/mol. The highest BCUT2D eigenvalue weighted by atomic mass is 16.5. The number of nitrogens with zero attached hydrogens (tertiary/aromatic N) is 2. The van der Waals surface area contributed by atoms with Crippen LogP contribution in [0.5, 0.6) is 0 Å². The first-order valence-corrected chi connectivity index (χ1v) is 6.45. The summed E-state index contributed by atoms with van der Waals surface area (Å²) in [4.78, 5) is 0. The zero-order valence-electron chi connectivity index (χ0n) is 10.7. The van der Waals surface area contributed by atoms with Gasteiger partial charge in [0.25, 0.3) is 0 Å². The maximum Gasteiger partial charge on any atom is 0.0721 e. The molecule has 0 aliphatic carbocycles. The van der Waals surface area contributed by atoms with Crippen LogP contribution >= 0.6 is 0 Å². The number of fused-ring (bicyclic) bond motifs is 1. The Balaban J connectivity index is 1.95. The van der Waals surface area contributed by atoms with Crippen molar-refractivity contribution in [3.63, 3.8) is 0 Å². The zero-order valence-corrected chi connectivity index (χ0v) is 10.7. The minimum absolute atomic E-state index is 0.157. The molecule has 2 heterocycles. The quantitative estimate of drug-likeness (QED) is 0.874. The van der Waals surface area contributed by atoms with Gasteiger partial charge in [0, 0.05) is 37.6 Å². The van der Waals surface area contributed by atoms with Crippen LogP contribution in [0.2, 0.25) is 0 Å². The second-order valence-electron chi connectivity index (χ2n) is 5.24. The first-order valence-electron chi connectivity index (χ1n) is 6.45. The summed E-state index contributed by atoms with van der Waals surface area (Å²) in [6, 6.07) is 8.32. The number of aromatic nitrogens is 2. The van der Waals surface area contributed by atoms with Gasteiger partial charge in [-0.2, -0.15) is 5.10 Å². The SMILES string of the molecule is Cn1nc(CC2(N)CCOCC2)c2ccccc21. The van der Waals surface area contributed by atoms with Crippen LogP contribution in [0.3, 0.4) is 0 Å². The third-order valence-corrected chi connectivity index (χ3v) is 3.84. The van der Waals surface area contributed by atoms with E-state index in [1.807, 2.05) is 17.8 Å². The molecule has 1 aliphatic heterocycles. The Morgan fingerprint density at radius 3 is 2.83 bits per heavy atom. The predicted molar refractivity (Wildman–Crippen MR) is 71.4 cm³/mol. The van der Waals surface area contributed by atoms with Gasteiger partial charge in [-0.3, -0.25) is 4.68 Å². The summed E-state index contributed by atoms with van der Waals surface area (Å²) in [5.41, 5.74) is 8.58. The lowest BCUT2D eigenvalue weighted by Crippen LogP contribution is -2.47. The molecule has 1 fully saturated rings. The summed E-state index contributed by atoms with van der Waals surface area (Å²) < 4.78 is 7.33. The highest BCUT2D eigenvalue weighted by Crippen LogP contribution is 2.26. The predicted octanol–water partition coefficient (Wildman–Crippen LogP) is 1.62. The van der Waals surface area contributed by atoms with E-state index in [9.17, 15) is 0 Å². The van der Waals surface area contributed by atoms with Crippen LogP contribution in [0.4, 0.5) is 0 Å². The Labute approximate surface area is 107 Å². The summed E-state index contributed by atoms with van der Waals surface area (Å²) in [6.07, 6.45) is 2.66. The van der Waals surface area contributed by atoms with Gasteiger partial charge in [0.15, 0.2) is 0 Å². The first kappa shape index (κ1) is 11.7. The molecule has 0 unspecified atom stereocenters. The second kappa shape index (κ2) is 4.37. The Kier molecular flexibility index (Phi) is 2.84. The molecule has 1 aliphatic rings. The van der Waals surface area contributed by atoms with Crippen LogP contribution in [0.1, 0.15) is 18.5 Å². The molecule has 4 nitrogen and oxygen atoms in total. The Morgan fingerprint density at radius 1 is 1.33 bits per heavy atom. The molecular formula is C14H19N3O. The smallest absolute Gasteiger partial charge is 0.0721 e. The summed E-state index contributed by atoms with van der Waals surface area (Å²) in [7, 11) is 1.99. The third kappa shape index (κ3) is 2.02. The molecule has 4 heteroatoms. The highest BCUT2D eigenvalue weighted by molar-refractivity contribution is 5.81. The molecule has 0 saturated carbocycles. The molecule has 0 atom stereocenters. The fraction of sp³-hybridized carbons (Fsp3) is 0.500. The molecule has 0 amide bonds. The van der Waals surface area contributed by atoms with Crippen molar-refractivity contribution in [2.75, 3.05) is 13.2 Å². The van der Waals surface area contributed by atoms with Gasteiger partial charge in [0.2, 0.25) is 0 Å². The van der Waals surface area contributed by atoms with Crippen molar-refractivity contribution in [3.8, 4) is 0 Å². The minimum Gasteiger partial charge on any atom is -0.381 e. The van der Waals surface area contributed by atoms with Crippen LogP contribution < -0.4 is 5.73 Å². The van der Waals surface area contributed by atoms with Crippen LogP contribution in [0.15, 0.2) is 24.3 Å². The maximum absolute atomic E-state index is 6.46. The van der Waals surface area contributed by atoms with E-state index in [2.05, 4.69) is 23.3 Å². The highest BCUT2D eigenvalue weighted by Gasteiger charge is 2.29. The number of para-hydroxylation sites is 1. The second-order valence-corrected chi connectivity index (χ2v) is 5.24. The standard InChI is InChI=1S/C14H19N3O/c1-17-13-5-3-2-4-11(13)12(16-17)10-14(15)6-8-18-9-7-14/h2-5H,6-10,15H2,1H3. The Morgan fingerprint density at radius 2 is 2.06 bits per heavy atom. The van der Waals surface area contributed by atoms with E-state index in [1.165, 1.54) is 10.9 Å². The van der Waals surface area contributed by atoms with E-state index >= 15 is 0 Å². The molecule has 2 N–H and O–H groups in total. The molecule has 3 rings (SSSR count). The van der Waals surface area contributed by atoms with E-state index in [1.54, 1.807) is 0 Å². The lowest BCUT2D eigenvalue weighted by Gasteiger charge is -2.32. The van der Waals surface area contributed by atoms with Gasteiger partial charge in [-0.25, -0.2) is 0 Å². The van der Waals surface area contributed by atoms with Gasteiger partial charge < -0.3 is 10.5 Å². The van der Waals surface area contributed by atoms with E-state index in [-0.39, 0.29) is 5.54 Å². The summed E-state index contributed by atoms with van der Waals surface area (Å²) in [5, 5.41) is 5.84. The topological polar surface area (TPSA) is 53.1 Å². The fourth-order valence-corrected chi connectivity index (χ4v) is 2.71. The number of benzene rings is 1. The molecule has 96 valence electrons. The number of ether oxygens (including phenoxy) is 1. The lowest BCUT2D eigenvalue weighted by molar-refractivity contribution is 0.0531. The summed E-state index contributed by atoms with van der Waals surface area (Å²) in [6.45, 7) is 1.53. The van der Waals surface area contributed by atoms with E-state index in [0.717, 1.165) is 38.2 Å². The molecule has 1 aromatic carbocycles. The van der Waals surface area contributed by atoms with Gasteiger partial charge in [-0.05, 0) is 18.9 Å². The van der Waals surface area contributed by atoms with Crippen LogP contribution in [-0.4, -0.2) is 28.5 Å². The number of hydrogen-bond acceptors (Lipinski definition) is 3. The molecule has 0 radical (unpaired) electrons. The number of hydrogen-bond donors (Lipinski definition) is 1. The lowest BCUT2D eigenvalue weighted by atomic mass is 9.86. The minimum atomic E-state index is -0.157. The summed E-state index contributed by atoms with van der Waals surface area (Å²) in [5.74, 6) is 0. The van der Waals surface area contributed by atoms with Crippen LogP contribution in [-0.2, 0) is 18.2 Å². The van der Waals surface area contributed by atoms with Gasteiger partial charge >= 0.3 is 0 Å². The van der Waals surface area contributed by atoms with Crippen molar-refractivity contribution in [3.05, 3.63) is 30.0 Å².